The number of halogens is 2. The highest BCUT2D eigenvalue weighted by atomic mass is 32.1. The Morgan fingerprint density at radius 3 is 2.73 bits per heavy atom. The fraction of sp³-hybridized carbons (Fsp3) is 0.609. The first-order valence-corrected chi connectivity index (χ1v) is 10.8. The van der Waals surface area contributed by atoms with Gasteiger partial charge in [-0.15, -0.1) is 0 Å². The predicted molar refractivity (Wildman–Crippen MR) is 134 cm³/mol. The number of carbonyl (C=O) groups is 1. The number of carbonyl (C=O) groups excluding carboxylic acids is 1. The number of anilines is 3. The quantitative estimate of drug-likeness (QED) is 0.619. The summed E-state index contributed by atoms with van der Waals surface area (Å²) in [6.07, 6.45) is 4.12. The molecule has 4 rings (SSSR count). The van der Waals surface area contributed by atoms with Crippen LogP contribution >= 0.6 is 13.5 Å². The van der Waals surface area contributed by atoms with Crippen LogP contribution in [0.25, 0.3) is 0 Å². The van der Waals surface area contributed by atoms with Crippen molar-refractivity contribution in [3.05, 3.63) is 29.7 Å². The largest absolute Gasteiger partial charge is 0.366 e. The van der Waals surface area contributed by atoms with Gasteiger partial charge in [0, 0.05) is 50.8 Å². The van der Waals surface area contributed by atoms with Crippen LogP contribution in [0.5, 0.6) is 0 Å². The van der Waals surface area contributed by atoms with E-state index < -0.39 is 5.92 Å². The summed E-state index contributed by atoms with van der Waals surface area (Å²) in [5, 5.41) is 10.7. The fourth-order valence-electron chi connectivity index (χ4n) is 4.70. The predicted octanol–water partition coefficient (Wildman–Crippen LogP) is 4.80. The number of pyridine rings is 1. The second kappa shape index (κ2) is 10.3. The van der Waals surface area contributed by atoms with E-state index in [1.54, 1.807) is 10.9 Å². The summed E-state index contributed by atoms with van der Waals surface area (Å²) < 4.78 is 28.6. The Balaban J connectivity index is 0.00000193. The molecule has 2 aliphatic rings. The summed E-state index contributed by atoms with van der Waals surface area (Å²) in [4.78, 5) is 19.1. The summed E-state index contributed by atoms with van der Waals surface area (Å²) in [6, 6.07) is 1.71. The molecule has 0 spiro atoms. The van der Waals surface area contributed by atoms with Gasteiger partial charge in [0.25, 0.3) is 0 Å². The van der Waals surface area contributed by atoms with Gasteiger partial charge < -0.3 is 15.5 Å². The van der Waals surface area contributed by atoms with Crippen LogP contribution < -0.4 is 15.5 Å². The van der Waals surface area contributed by atoms with E-state index in [0.29, 0.717) is 25.3 Å². The first-order chi connectivity index (χ1) is 14.6. The van der Waals surface area contributed by atoms with Crippen LogP contribution in [-0.2, 0) is 17.9 Å². The molecule has 0 radical (unpaired) electrons. The number of nitrogens with one attached hydrogen (secondary N) is 2. The molecule has 2 atom stereocenters. The summed E-state index contributed by atoms with van der Waals surface area (Å²) in [6.45, 7) is 6.98. The number of aromatic nitrogens is 3. The highest BCUT2D eigenvalue weighted by Gasteiger charge is 2.39. The molecule has 1 fully saturated rings. The second-order valence-electron chi connectivity index (χ2n) is 9.16. The van der Waals surface area contributed by atoms with E-state index >= 15 is 0 Å². The van der Waals surface area contributed by atoms with Gasteiger partial charge in [-0.25, -0.2) is 13.8 Å². The van der Waals surface area contributed by atoms with Crippen molar-refractivity contribution in [2.45, 2.75) is 72.5 Å². The van der Waals surface area contributed by atoms with Crippen LogP contribution in [0.1, 0.15) is 51.8 Å². The number of aryl methyl sites for hydroxylation is 1. The number of nitrogens with zero attached hydrogens (tertiary/aromatic N) is 4. The summed E-state index contributed by atoms with van der Waals surface area (Å²) in [5.74, 6) is -1.68. The van der Waals surface area contributed by atoms with Crippen molar-refractivity contribution in [2.24, 2.45) is 11.8 Å². The Morgan fingerprint density at radius 2 is 2.09 bits per heavy atom. The van der Waals surface area contributed by atoms with E-state index in [1.165, 1.54) is 0 Å². The average Bonchev–Trinajstić information content (AvgIpc) is 3.26. The number of likely N-dealkylation sites (N-methyl/N-ethyl adjacent to an activating group) is 1. The molecular weight excluding hydrogens is 446 g/mol. The highest BCUT2D eigenvalue weighted by molar-refractivity contribution is 7.59. The Kier molecular flexibility index (Phi) is 8.37. The molecule has 2 aromatic heterocycles. The summed E-state index contributed by atoms with van der Waals surface area (Å²) in [5.41, 5.74) is 3.39. The van der Waals surface area contributed by atoms with Crippen LogP contribution in [-0.4, -0.2) is 39.7 Å². The molecule has 0 aromatic carbocycles. The van der Waals surface area contributed by atoms with E-state index in [-0.39, 0.29) is 57.5 Å². The Morgan fingerprint density at radius 1 is 1.36 bits per heavy atom. The lowest BCUT2D eigenvalue weighted by atomic mass is 9.98. The molecule has 1 aliphatic carbocycles. The molecule has 0 saturated heterocycles. The number of amides is 1. The first kappa shape index (κ1) is 26.9. The smallest absolute Gasteiger partial charge is 0.248 e. The van der Waals surface area contributed by atoms with Gasteiger partial charge in [0.05, 0.1) is 23.3 Å². The van der Waals surface area contributed by atoms with Crippen LogP contribution in [0.2, 0.25) is 0 Å². The molecule has 0 bridgehead atoms. The van der Waals surface area contributed by atoms with Crippen molar-refractivity contribution in [3.8, 4) is 0 Å². The highest BCUT2D eigenvalue weighted by Crippen LogP contribution is 2.39. The molecule has 7 nitrogen and oxygen atoms in total. The zero-order chi connectivity index (χ0) is 22.3. The standard InChI is InChI=1S/C22H30F2N6O.CH4.H2S/c1-13(2)20-21(31)28-19-14(3)27-18(7-17(19)29(20)4)25-9-16-10-26-30(12-16)11-15-5-6-22(23,24)8-15;;/h7,10,12-13,15,20H,5-6,8-9,11H2,1-4H3,(H,25,27)(H,28,31);1H4;1H2/t15-,20-;;/m0../s1. The van der Waals surface area contributed by atoms with Crippen molar-refractivity contribution < 1.29 is 13.6 Å². The SMILES string of the molecule is C.Cc1nc(NCc2cnn(C[C@H]3CCC(F)(F)C3)c2)cc2c1NC(=O)[C@H](C(C)C)N2C.S. The van der Waals surface area contributed by atoms with Crippen LogP contribution in [0, 0.1) is 18.8 Å². The molecule has 1 amide bonds. The molecule has 2 aromatic rings. The lowest BCUT2D eigenvalue weighted by Crippen LogP contribution is -2.49. The Hall–Kier alpha value is -2.36. The van der Waals surface area contributed by atoms with E-state index in [9.17, 15) is 13.6 Å². The maximum absolute atomic E-state index is 13.4. The summed E-state index contributed by atoms with van der Waals surface area (Å²) >= 11 is 0. The fourth-order valence-corrected chi connectivity index (χ4v) is 4.70. The van der Waals surface area contributed by atoms with E-state index in [1.807, 2.05) is 45.0 Å². The topological polar surface area (TPSA) is 75.1 Å². The van der Waals surface area contributed by atoms with Gasteiger partial charge in [-0.2, -0.15) is 18.6 Å². The lowest BCUT2D eigenvalue weighted by molar-refractivity contribution is -0.118. The van der Waals surface area contributed by atoms with Gasteiger partial charge in [-0.1, -0.05) is 21.3 Å². The van der Waals surface area contributed by atoms with Crippen molar-refractivity contribution in [1.29, 1.82) is 0 Å². The normalized spacial score (nSPS) is 21.2. The van der Waals surface area contributed by atoms with Gasteiger partial charge in [-0.3, -0.25) is 9.48 Å². The molecule has 2 N–H and O–H groups in total. The first-order valence-electron chi connectivity index (χ1n) is 10.8. The van der Waals surface area contributed by atoms with E-state index in [4.69, 9.17) is 0 Å². The molecule has 3 heterocycles. The molecule has 33 heavy (non-hydrogen) atoms. The third-order valence-electron chi connectivity index (χ3n) is 6.24. The zero-order valence-corrected chi connectivity index (χ0v) is 20.0. The third kappa shape index (κ3) is 5.77. The van der Waals surface area contributed by atoms with E-state index in [0.717, 1.165) is 22.6 Å². The Labute approximate surface area is 201 Å². The van der Waals surface area contributed by atoms with Crippen molar-refractivity contribution in [3.63, 3.8) is 0 Å². The maximum atomic E-state index is 13.4. The molecule has 184 valence electrons. The third-order valence-corrected chi connectivity index (χ3v) is 6.24. The van der Waals surface area contributed by atoms with Crippen LogP contribution in [0.3, 0.4) is 0 Å². The monoisotopic (exact) mass is 482 g/mol. The second-order valence-corrected chi connectivity index (χ2v) is 9.16. The van der Waals surface area contributed by atoms with E-state index in [2.05, 4.69) is 20.7 Å². The summed E-state index contributed by atoms with van der Waals surface area (Å²) in [7, 11) is 1.93. The van der Waals surface area contributed by atoms with Crippen molar-refractivity contribution in [1.82, 2.24) is 14.8 Å². The maximum Gasteiger partial charge on any atom is 0.248 e. The average molecular weight is 483 g/mol. The number of rotatable bonds is 6. The number of alkyl halides is 2. The van der Waals surface area contributed by atoms with Gasteiger partial charge in [0.15, 0.2) is 0 Å². The Bertz CT molecular complexity index is 980. The molecular formula is C23H36F2N6OS. The molecule has 10 heteroatoms. The van der Waals surface area contributed by atoms with Crippen molar-refractivity contribution in [2.75, 3.05) is 22.6 Å². The molecule has 0 unspecified atom stereocenters. The van der Waals surface area contributed by atoms with Crippen LogP contribution in [0.4, 0.5) is 26.0 Å². The number of hydrogen-bond donors (Lipinski definition) is 2. The lowest BCUT2D eigenvalue weighted by Gasteiger charge is -2.38. The van der Waals surface area contributed by atoms with Gasteiger partial charge in [-0.05, 0) is 25.2 Å². The zero-order valence-electron chi connectivity index (χ0n) is 19.0. The minimum absolute atomic E-state index is 0. The minimum Gasteiger partial charge on any atom is -0.366 e. The van der Waals surface area contributed by atoms with Gasteiger partial charge in [0.2, 0.25) is 11.8 Å². The van der Waals surface area contributed by atoms with Crippen molar-refractivity contribution >= 4 is 36.6 Å². The van der Waals surface area contributed by atoms with Gasteiger partial charge >= 0.3 is 0 Å². The minimum atomic E-state index is -2.53. The van der Waals surface area contributed by atoms with Crippen LogP contribution in [0.15, 0.2) is 18.5 Å². The molecule has 1 aliphatic heterocycles. The number of fused-ring (bicyclic) bond motifs is 1. The number of hydrogen-bond acceptors (Lipinski definition) is 5. The molecule has 1 saturated carbocycles. The van der Waals surface area contributed by atoms with Gasteiger partial charge in [0.1, 0.15) is 11.9 Å².